The van der Waals surface area contributed by atoms with Crippen molar-refractivity contribution in [2.75, 3.05) is 0 Å². The first-order valence-corrected chi connectivity index (χ1v) is 6.01. The average Bonchev–Trinajstić information content (AvgIpc) is 2.29. The maximum atomic E-state index is 9.70. The van der Waals surface area contributed by atoms with Gasteiger partial charge in [0, 0.05) is 0 Å². The number of hydrogen-bond acceptors (Lipinski definition) is 2. The molecule has 4 heteroatoms. The highest BCUT2D eigenvalue weighted by Crippen LogP contribution is 2.27. The molecule has 3 N–H and O–H groups in total. The summed E-state index contributed by atoms with van der Waals surface area (Å²) in [7, 11) is 0. The molecule has 0 spiro atoms. The zero-order valence-electron chi connectivity index (χ0n) is 11.4. The van der Waals surface area contributed by atoms with Crippen LogP contribution in [0.25, 0.3) is 0 Å². The van der Waals surface area contributed by atoms with E-state index in [9.17, 15) is 5.11 Å². The third-order valence-electron chi connectivity index (χ3n) is 3.10. The molecule has 0 radical (unpaired) electrons. The lowest BCUT2D eigenvalue weighted by Gasteiger charge is -2.12. The van der Waals surface area contributed by atoms with Crippen LogP contribution in [0.1, 0.15) is 42.0 Å². The zero-order valence-corrected chi connectivity index (χ0v) is 11.4. The number of unbranched alkanes of at least 4 members (excludes halogenated alkanes) is 1. The van der Waals surface area contributed by atoms with Crippen molar-refractivity contribution in [2.45, 2.75) is 47.0 Å². The number of rotatable bonds is 3. The number of hydrogen-bond donors (Lipinski definition) is 3. The lowest BCUT2D eigenvalue weighted by molar-refractivity contribution is 0.137. The van der Waals surface area contributed by atoms with Crippen molar-refractivity contribution in [1.29, 1.82) is 0 Å². The average molecular weight is 254 g/mol. The molecule has 102 valence electrons. The molecule has 0 fully saturated rings. The van der Waals surface area contributed by atoms with Gasteiger partial charge in [-0.2, -0.15) is 0 Å². The van der Waals surface area contributed by atoms with Crippen LogP contribution in [0.5, 0.6) is 5.75 Å². The Morgan fingerprint density at radius 1 is 1.11 bits per heavy atom. The Morgan fingerprint density at radius 3 is 2.06 bits per heavy atom. The first kappa shape index (κ1) is 16.3. The summed E-state index contributed by atoms with van der Waals surface area (Å²) in [6.45, 7) is 8.39. The first-order valence-electron chi connectivity index (χ1n) is 6.01. The number of aryl methyl sites for hydroxylation is 1. The molecule has 18 heavy (non-hydrogen) atoms. The lowest BCUT2D eigenvalue weighted by Crippen LogP contribution is -1.95. The molecule has 0 saturated carbocycles. The Balaban J connectivity index is 0.000000631. The highest BCUT2D eigenvalue weighted by atomic mass is 16.6. The number of phenolic OH excluding ortho intramolecular Hbond substituents is 1. The molecule has 0 aliphatic heterocycles. The molecule has 0 heterocycles. The summed E-state index contributed by atoms with van der Waals surface area (Å²) in [4.78, 5) is 8.56. The summed E-state index contributed by atoms with van der Waals surface area (Å²) >= 11 is 0. The summed E-state index contributed by atoms with van der Waals surface area (Å²) in [6.07, 6.45) is 1.65. The molecule has 1 aromatic carbocycles. The number of carboxylic acid groups (broad SMARTS) is 2. The first-order chi connectivity index (χ1) is 8.31. The van der Waals surface area contributed by atoms with E-state index in [4.69, 9.17) is 15.0 Å². The molecular weight excluding hydrogens is 232 g/mol. The molecule has 0 unspecified atom stereocenters. The molecule has 0 aromatic heterocycles. The van der Waals surface area contributed by atoms with Gasteiger partial charge in [0.15, 0.2) is 0 Å². The topological polar surface area (TPSA) is 77.8 Å². The number of phenols is 1. The molecule has 0 aliphatic carbocycles. The Labute approximate surface area is 108 Å². The van der Waals surface area contributed by atoms with Crippen molar-refractivity contribution in [1.82, 2.24) is 0 Å². The standard InChI is InChI=1S/C13H20O.CH2O3/c1-5-6-7-12-8-13(14)11(4)9(2)10(12)3;2-1(3)4/h8,14H,5-7H2,1-4H3;(H2,2,3,4). The summed E-state index contributed by atoms with van der Waals surface area (Å²) in [5.74, 6) is 0.444. The Bertz CT molecular complexity index is 407. The van der Waals surface area contributed by atoms with Crippen molar-refractivity contribution >= 4 is 6.16 Å². The fourth-order valence-corrected chi connectivity index (χ4v) is 1.72. The van der Waals surface area contributed by atoms with E-state index >= 15 is 0 Å². The molecule has 0 bridgehead atoms. The molecule has 0 atom stereocenters. The van der Waals surface area contributed by atoms with Gasteiger partial charge in [-0.15, -0.1) is 0 Å². The fourth-order valence-electron chi connectivity index (χ4n) is 1.72. The van der Waals surface area contributed by atoms with Crippen molar-refractivity contribution in [2.24, 2.45) is 0 Å². The largest absolute Gasteiger partial charge is 0.508 e. The molecular formula is C14H22O4. The highest BCUT2D eigenvalue weighted by Gasteiger charge is 2.07. The summed E-state index contributed by atoms with van der Waals surface area (Å²) < 4.78 is 0. The van der Waals surface area contributed by atoms with E-state index < -0.39 is 6.16 Å². The SMILES string of the molecule is CCCCc1cc(O)c(C)c(C)c1C.O=C(O)O. The third-order valence-corrected chi connectivity index (χ3v) is 3.10. The fraction of sp³-hybridized carbons (Fsp3) is 0.500. The van der Waals surface area contributed by atoms with Crippen LogP contribution in [-0.2, 0) is 6.42 Å². The minimum absolute atomic E-state index is 0.444. The van der Waals surface area contributed by atoms with Crippen LogP contribution in [0.2, 0.25) is 0 Å². The Morgan fingerprint density at radius 2 is 1.61 bits per heavy atom. The Kier molecular flexibility index (Phi) is 6.86. The van der Waals surface area contributed by atoms with Crippen LogP contribution >= 0.6 is 0 Å². The quantitative estimate of drug-likeness (QED) is 0.764. The number of carbonyl (C=O) groups is 1. The van der Waals surface area contributed by atoms with Gasteiger partial charge in [0.25, 0.3) is 0 Å². The van der Waals surface area contributed by atoms with E-state index in [1.165, 1.54) is 29.5 Å². The number of aromatic hydroxyl groups is 1. The van der Waals surface area contributed by atoms with Gasteiger partial charge in [0.1, 0.15) is 5.75 Å². The van der Waals surface area contributed by atoms with Crippen LogP contribution < -0.4 is 0 Å². The highest BCUT2D eigenvalue weighted by molar-refractivity contribution is 5.53. The van der Waals surface area contributed by atoms with Gasteiger partial charge in [-0.1, -0.05) is 13.3 Å². The summed E-state index contributed by atoms with van der Waals surface area (Å²) in [6, 6.07) is 1.92. The smallest absolute Gasteiger partial charge is 0.503 e. The van der Waals surface area contributed by atoms with Gasteiger partial charge in [0.05, 0.1) is 0 Å². The van der Waals surface area contributed by atoms with Crippen molar-refractivity contribution in [3.63, 3.8) is 0 Å². The van der Waals surface area contributed by atoms with Crippen molar-refractivity contribution < 1.29 is 20.1 Å². The van der Waals surface area contributed by atoms with Crippen LogP contribution in [0.15, 0.2) is 6.07 Å². The lowest BCUT2D eigenvalue weighted by atomic mass is 9.95. The minimum Gasteiger partial charge on any atom is -0.508 e. The minimum atomic E-state index is -1.83. The maximum absolute atomic E-state index is 9.70. The molecule has 0 amide bonds. The predicted octanol–water partition coefficient (Wildman–Crippen LogP) is 3.88. The third kappa shape index (κ3) is 5.08. The zero-order chi connectivity index (χ0) is 14.3. The van der Waals surface area contributed by atoms with Gasteiger partial charge in [-0.25, -0.2) is 4.79 Å². The van der Waals surface area contributed by atoms with Crippen LogP contribution in [0.4, 0.5) is 4.79 Å². The summed E-state index contributed by atoms with van der Waals surface area (Å²) in [5.41, 5.74) is 4.89. The summed E-state index contributed by atoms with van der Waals surface area (Å²) in [5, 5.41) is 23.6. The number of benzene rings is 1. The van der Waals surface area contributed by atoms with E-state index in [-0.39, 0.29) is 0 Å². The van der Waals surface area contributed by atoms with Gasteiger partial charge in [-0.3, -0.25) is 0 Å². The van der Waals surface area contributed by atoms with E-state index in [2.05, 4.69) is 20.8 Å². The van der Waals surface area contributed by atoms with Gasteiger partial charge < -0.3 is 15.3 Å². The molecule has 4 nitrogen and oxygen atoms in total. The second kappa shape index (κ2) is 7.58. The van der Waals surface area contributed by atoms with E-state index in [1.807, 2.05) is 13.0 Å². The Hall–Kier alpha value is -1.71. The molecule has 1 rings (SSSR count). The monoisotopic (exact) mass is 254 g/mol. The van der Waals surface area contributed by atoms with Crippen molar-refractivity contribution in [3.8, 4) is 5.75 Å². The second-order valence-corrected chi connectivity index (χ2v) is 4.32. The van der Waals surface area contributed by atoms with Gasteiger partial charge in [-0.05, 0) is 61.9 Å². The maximum Gasteiger partial charge on any atom is 0.503 e. The normalized spacial score (nSPS) is 9.56. The molecule has 1 aromatic rings. The van der Waals surface area contributed by atoms with E-state index in [0.717, 1.165) is 12.0 Å². The molecule has 0 aliphatic rings. The van der Waals surface area contributed by atoms with E-state index in [1.54, 1.807) is 0 Å². The predicted molar refractivity (Wildman–Crippen MR) is 71.6 cm³/mol. The van der Waals surface area contributed by atoms with Crippen LogP contribution in [0, 0.1) is 20.8 Å². The van der Waals surface area contributed by atoms with Crippen molar-refractivity contribution in [3.05, 3.63) is 28.3 Å². The second-order valence-electron chi connectivity index (χ2n) is 4.32. The van der Waals surface area contributed by atoms with Gasteiger partial charge in [0.2, 0.25) is 0 Å². The van der Waals surface area contributed by atoms with Gasteiger partial charge >= 0.3 is 6.16 Å². The van der Waals surface area contributed by atoms with E-state index in [0.29, 0.717) is 5.75 Å². The van der Waals surface area contributed by atoms with Crippen LogP contribution in [-0.4, -0.2) is 21.5 Å². The van der Waals surface area contributed by atoms with Crippen LogP contribution in [0.3, 0.4) is 0 Å². The molecule has 0 saturated heterocycles.